The molecule has 2 N–H and O–H groups in total. The van der Waals surface area contributed by atoms with Gasteiger partial charge in [-0.25, -0.2) is 9.97 Å². The van der Waals surface area contributed by atoms with Gasteiger partial charge in [0.15, 0.2) is 0 Å². The maximum atomic E-state index is 10.4. The molecule has 1 heterocycles. The third kappa shape index (κ3) is 3.13. The molecule has 0 amide bonds. The van der Waals surface area contributed by atoms with Gasteiger partial charge in [-0.15, -0.1) is 0 Å². The van der Waals surface area contributed by atoms with Crippen molar-refractivity contribution < 1.29 is 10.0 Å². The maximum absolute atomic E-state index is 10.4. The number of hydrogen-bond acceptors (Lipinski definition) is 6. The lowest BCUT2D eigenvalue weighted by molar-refractivity contribution is -0.385. The van der Waals surface area contributed by atoms with Gasteiger partial charge in [0.05, 0.1) is 4.92 Å². The third-order valence-corrected chi connectivity index (χ3v) is 2.35. The number of anilines is 1. The lowest BCUT2D eigenvalue weighted by atomic mass is 10.1. The van der Waals surface area contributed by atoms with E-state index in [0.717, 1.165) is 12.4 Å². The Hall–Kier alpha value is -1.76. The van der Waals surface area contributed by atoms with Crippen LogP contribution in [-0.2, 0) is 0 Å². The van der Waals surface area contributed by atoms with Gasteiger partial charge in [-0.3, -0.25) is 10.1 Å². The Kier molecular flexibility index (Phi) is 4.12. The van der Waals surface area contributed by atoms with E-state index in [1.165, 1.54) is 0 Å². The van der Waals surface area contributed by atoms with Crippen LogP contribution in [0.25, 0.3) is 0 Å². The largest absolute Gasteiger partial charge is 0.396 e. The van der Waals surface area contributed by atoms with Crippen LogP contribution >= 0.6 is 0 Å². The molecule has 0 fully saturated rings. The molecular weight excluding hydrogens is 212 g/mol. The number of aliphatic hydroxyl groups is 1. The van der Waals surface area contributed by atoms with Gasteiger partial charge >= 0.3 is 5.69 Å². The lowest BCUT2D eigenvalue weighted by Gasteiger charge is -2.18. The van der Waals surface area contributed by atoms with Crippen LogP contribution in [0.5, 0.6) is 0 Å². The summed E-state index contributed by atoms with van der Waals surface area (Å²) in [6.07, 6.45) is 2.29. The topological polar surface area (TPSA) is 101 Å². The summed E-state index contributed by atoms with van der Waals surface area (Å²) in [7, 11) is 0. The number of rotatable bonds is 5. The van der Waals surface area contributed by atoms with E-state index in [9.17, 15) is 10.1 Å². The van der Waals surface area contributed by atoms with Crippen molar-refractivity contribution in [1.82, 2.24) is 9.97 Å². The van der Waals surface area contributed by atoms with Crippen molar-refractivity contribution in [3.8, 4) is 0 Å². The van der Waals surface area contributed by atoms with E-state index in [0.29, 0.717) is 5.95 Å². The molecule has 0 saturated carbocycles. The molecule has 0 aromatic carbocycles. The first-order valence-electron chi connectivity index (χ1n) is 4.88. The Bertz CT molecular complexity index is 354. The number of nitrogens with one attached hydrogen (secondary N) is 1. The summed E-state index contributed by atoms with van der Waals surface area (Å²) in [6.45, 7) is 3.82. The highest BCUT2D eigenvalue weighted by Gasteiger charge is 2.13. The van der Waals surface area contributed by atoms with E-state index in [4.69, 9.17) is 5.11 Å². The van der Waals surface area contributed by atoms with Crippen LogP contribution in [0, 0.1) is 16.0 Å². The van der Waals surface area contributed by atoms with Crippen LogP contribution in [0.15, 0.2) is 12.4 Å². The predicted molar refractivity (Wildman–Crippen MR) is 58.0 cm³/mol. The van der Waals surface area contributed by atoms with Crippen LogP contribution in [0.1, 0.15) is 13.8 Å². The summed E-state index contributed by atoms with van der Waals surface area (Å²) in [4.78, 5) is 17.4. The molecule has 0 spiro atoms. The van der Waals surface area contributed by atoms with Crippen molar-refractivity contribution in [3.63, 3.8) is 0 Å². The van der Waals surface area contributed by atoms with E-state index in [2.05, 4.69) is 15.3 Å². The fourth-order valence-corrected chi connectivity index (χ4v) is 0.994. The molecule has 7 heteroatoms. The summed E-state index contributed by atoms with van der Waals surface area (Å²) < 4.78 is 0. The quantitative estimate of drug-likeness (QED) is 0.569. The Labute approximate surface area is 92.7 Å². The SMILES string of the molecule is CC(CO)C(C)Nc1ncc([N+](=O)[O-])cn1. The van der Waals surface area contributed by atoms with Crippen molar-refractivity contribution >= 4 is 11.6 Å². The highest BCUT2D eigenvalue weighted by atomic mass is 16.6. The van der Waals surface area contributed by atoms with Gasteiger partial charge in [-0.1, -0.05) is 6.92 Å². The summed E-state index contributed by atoms with van der Waals surface area (Å²) in [5, 5.41) is 22.2. The molecule has 88 valence electrons. The first kappa shape index (κ1) is 12.3. The van der Waals surface area contributed by atoms with Crippen molar-refractivity contribution in [2.24, 2.45) is 5.92 Å². The minimum Gasteiger partial charge on any atom is -0.396 e. The van der Waals surface area contributed by atoms with Gasteiger partial charge in [0, 0.05) is 12.6 Å². The summed E-state index contributed by atoms with van der Waals surface area (Å²) >= 11 is 0. The van der Waals surface area contributed by atoms with Gasteiger partial charge < -0.3 is 10.4 Å². The molecule has 0 aliphatic carbocycles. The number of aliphatic hydroxyl groups excluding tert-OH is 1. The van der Waals surface area contributed by atoms with Crippen LogP contribution in [0.3, 0.4) is 0 Å². The molecule has 2 atom stereocenters. The van der Waals surface area contributed by atoms with E-state index in [1.54, 1.807) is 0 Å². The minimum atomic E-state index is -0.552. The molecule has 1 aromatic heterocycles. The average Bonchev–Trinajstić information content (AvgIpc) is 2.28. The first-order valence-corrected chi connectivity index (χ1v) is 4.88. The molecule has 0 saturated heterocycles. The molecule has 2 unspecified atom stereocenters. The maximum Gasteiger partial charge on any atom is 0.305 e. The molecule has 1 aromatic rings. The molecule has 0 aliphatic rings. The van der Waals surface area contributed by atoms with Crippen molar-refractivity contribution in [3.05, 3.63) is 22.5 Å². The van der Waals surface area contributed by atoms with Gasteiger partial charge in [0.25, 0.3) is 0 Å². The molecular formula is C9H14N4O3. The Balaban J connectivity index is 2.65. The highest BCUT2D eigenvalue weighted by molar-refractivity contribution is 5.31. The molecule has 16 heavy (non-hydrogen) atoms. The molecule has 7 nitrogen and oxygen atoms in total. The van der Waals surface area contributed by atoms with Gasteiger partial charge in [-0.2, -0.15) is 0 Å². The third-order valence-electron chi connectivity index (χ3n) is 2.35. The van der Waals surface area contributed by atoms with Crippen molar-refractivity contribution in [2.75, 3.05) is 11.9 Å². The lowest BCUT2D eigenvalue weighted by Crippen LogP contribution is -2.27. The van der Waals surface area contributed by atoms with E-state index >= 15 is 0 Å². The normalized spacial score (nSPS) is 14.2. The molecule has 0 bridgehead atoms. The molecule has 0 radical (unpaired) electrons. The summed E-state index contributed by atoms with van der Waals surface area (Å²) in [6, 6.07) is -0.00791. The number of hydrogen-bond donors (Lipinski definition) is 2. The Morgan fingerprint density at radius 1 is 1.50 bits per heavy atom. The zero-order chi connectivity index (χ0) is 12.1. The fourth-order valence-electron chi connectivity index (χ4n) is 0.994. The summed E-state index contributed by atoms with van der Waals surface area (Å²) in [5.41, 5.74) is -0.145. The van der Waals surface area contributed by atoms with Crippen LogP contribution in [0.4, 0.5) is 11.6 Å². The Morgan fingerprint density at radius 3 is 2.50 bits per heavy atom. The smallest absolute Gasteiger partial charge is 0.305 e. The number of nitro groups is 1. The number of nitrogens with zero attached hydrogens (tertiary/aromatic N) is 3. The monoisotopic (exact) mass is 226 g/mol. The standard InChI is InChI=1S/C9H14N4O3/c1-6(5-14)7(2)12-9-10-3-8(4-11-9)13(15)16/h3-4,6-7,14H,5H2,1-2H3,(H,10,11,12). The second-order valence-electron chi connectivity index (χ2n) is 3.61. The van der Waals surface area contributed by atoms with Gasteiger partial charge in [0.1, 0.15) is 12.4 Å². The molecule has 0 aliphatic heterocycles. The van der Waals surface area contributed by atoms with E-state index in [1.807, 2.05) is 13.8 Å². The van der Waals surface area contributed by atoms with E-state index < -0.39 is 4.92 Å². The highest BCUT2D eigenvalue weighted by Crippen LogP contribution is 2.11. The fraction of sp³-hybridized carbons (Fsp3) is 0.556. The zero-order valence-corrected chi connectivity index (χ0v) is 9.12. The Morgan fingerprint density at radius 2 is 2.06 bits per heavy atom. The van der Waals surface area contributed by atoms with Crippen LogP contribution in [0.2, 0.25) is 0 Å². The number of aromatic nitrogens is 2. The average molecular weight is 226 g/mol. The van der Waals surface area contributed by atoms with Crippen molar-refractivity contribution in [1.29, 1.82) is 0 Å². The predicted octanol–water partition coefficient (Wildman–Crippen LogP) is 0.814. The minimum absolute atomic E-state index is 0.00791. The molecule has 1 rings (SSSR count). The van der Waals surface area contributed by atoms with Gasteiger partial charge in [0.2, 0.25) is 5.95 Å². The van der Waals surface area contributed by atoms with Crippen molar-refractivity contribution in [2.45, 2.75) is 19.9 Å². The first-order chi connectivity index (χ1) is 7.54. The van der Waals surface area contributed by atoms with Crippen LogP contribution in [-0.4, -0.2) is 32.6 Å². The van der Waals surface area contributed by atoms with Gasteiger partial charge in [-0.05, 0) is 12.8 Å². The second kappa shape index (κ2) is 5.36. The second-order valence-corrected chi connectivity index (χ2v) is 3.61. The van der Waals surface area contributed by atoms with Crippen LogP contribution < -0.4 is 5.32 Å². The zero-order valence-electron chi connectivity index (χ0n) is 9.12. The summed E-state index contributed by atoms with van der Waals surface area (Å²) in [5.74, 6) is 0.372. The van der Waals surface area contributed by atoms with E-state index in [-0.39, 0.29) is 24.3 Å².